The van der Waals surface area contributed by atoms with E-state index >= 15 is 0 Å². The minimum absolute atomic E-state index is 1.09. The van der Waals surface area contributed by atoms with Crippen LogP contribution in [0.15, 0.2) is 24.3 Å². The Bertz CT molecular complexity index is 463. The van der Waals surface area contributed by atoms with E-state index in [1.807, 2.05) is 6.07 Å². The standard InChI is InChI=1S/C11H10IN/c1-7-8(2)13-10-6-4-3-5-9(10)11(7)12/h3-6H,1-2H3. The van der Waals surface area contributed by atoms with E-state index in [0.717, 1.165) is 11.2 Å². The number of benzene rings is 1. The molecule has 0 aliphatic heterocycles. The molecule has 2 aromatic rings. The van der Waals surface area contributed by atoms with Gasteiger partial charge in [0.2, 0.25) is 0 Å². The van der Waals surface area contributed by atoms with Crippen molar-refractivity contribution in [1.29, 1.82) is 0 Å². The maximum Gasteiger partial charge on any atom is 0.0716 e. The molecule has 0 saturated heterocycles. The first-order chi connectivity index (χ1) is 6.20. The highest BCUT2D eigenvalue weighted by Gasteiger charge is 2.04. The lowest BCUT2D eigenvalue weighted by molar-refractivity contribution is 1.18. The smallest absolute Gasteiger partial charge is 0.0716 e. The molecule has 0 aliphatic rings. The van der Waals surface area contributed by atoms with E-state index in [4.69, 9.17) is 0 Å². The second-order valence-electron chi connectivity index (χ2n) is 3.15. The summed E-state index contributed by atoms with van der Waals surface area (Å²) in [4.78, 5) is 4.53. The van der Waals surface area contributed by atoms with Gasteiger partial charge in [0.1, 0.15) is 0 Å². The number of halogens is 1. The van der Waals surface area contributed by atoms with Crippen LogP contribution in [0.1, 0.15) is 11.3 Å². The summed E-state index contributed by atoms with van der Waals surface area (Å²) in [5.41, 5.74) is 3.51. The first kappa shape index (κ1) is 8.94. The molecule has 0 spiro atoms. The van der Waals surface area contributed by atoms with Crippen LogP contribution in [0.4, 0.5) is 0 Å². The number of nitrogens with zero attached hydrogens (tertiary/aromatic N) is 1. The van der Waals surface area contributed by atoms with Gasteiger partial charge in [-0.25, -0.2) is 0 Å². The molecule has 1 nitrogen and oxygen atoms in total. The molecule has 0 unspecified atom stereocenters. The lowest BCUT2D eigenvalue weighted by Crippen LogP contribution is -1.92. The van der Waals surface area contributed by atoms with Gasteiger partial charge in [0.25, 0.3) is 0 Å². The van der Waals surface area contributed by atoms with Crippen LogP contribution in [-0.4, -0.2) is 4.98 Å². The van der Waals surface area contributed by atoms with Crippen LogP contribution >= 0.6 is 22.6 Å². The minimum atomic E-state index is 1.09. The first-order valence-corrected chi connectivity index (χ1v) is 5.29. The highest BCUT2D eigenvalue weighted by molar-refractivity contribution is 14.1. The van der Waals surface area contributed by atoms with E-state index < -0.39 is 0 Å². The lowest BCUT2D eigenvalue weighted by atomic mass is 10.1. The highest BCUT2D eigenvalue weighted by Crippen LogP contribution is 2.23. The zero-order chi connectivity index (χ0) is 9.42. The third-order valence-corrected chi connectivity index (χ3v) is 3.69. The van der Waals surface area contributed by atoms with Gasteiger partial charge in [0.15, 0.2) is 0 Å². The molecule has 1 heterocycles. The summed E-state index contributed by atoms with van der Waals surface area (Å²) in [5.74, 6) is 0. The lowest BCUT2D eigenvalue weighted by Gasteiger charge is -2.06. The van der Waals surface area contributed by atoms with Crippen LogP contribution < -0.4 is 0 Å². The molecular weight excluding hydrogens is 273 g/mol. The van der Waals surface area contributed by atoms with E-state index in [9.17, 15) is 0 Å². The Kier molecular flexibility index (Phi) is 2.24. The third-order valence-electron chi connectivity index (χ3n) is 2.30. The van der Waals surface area contributed by atoms with Crippen molar-refractivity contribution < 1.29 is 0 Å². The van der Waals surface area contributed by atoms with E-state index in [1.165, 1.54) is 14.5 Å². The van der Waals surface area contributed by atoms with E-state index in [2.05, 4.69) is 59.6 Å². The van der Waals surface area contributed by atoms with Gasteiger partial charge in [-0.1, -0.05) is 18.2 Å². The van der Waals surface area contributed by atoms with Gasteiger partial charge in [-0.2, -0.15) is 0 Å². The van der Waals surface area contributed by atoms with Crippen LogP contribution in [0, 0.1) is 17.4 Å². The molecule has 0 N–H and O–H groups in total. The number of fused-ring (bicyclic) bond motifs is 1. The van der Waals surface area contributed by atoms with E-state index in [1.54, 1.807) is 0 Å². The summed E-state index contributed by atoms with van der Waals surface area (Å²) < 4.78 is 1.32. The monoisotopic (exact) mass is 283 g/mol. The molecule has 1 aromatic carbocycles. The summed E-state index contributed by atoms with van der Waals surface area (Å²) >= 11 is 2.39. The maximum atomic E-state index is 4.53. The van der Waals surface area contributed by atoms with Crippen molar-refractivity contribution in [2.45, 2.75) is 13.8 Å². The summed E-state index contributed by atoms with van der Waals surface area (Å²) in [6.07, 6.45) is 0. The molecule has 2 rings (SSSR count). The molecule has 66 valence electrons. The van der Waals surface area contributed by atoms with Crippen LogP contribution in [0.25, 0.3) is 10.9 Å². The number of para-hydroxylation sites is 1. The quantitative estimate of drug-likeness (QED) is 0.675. The van der Waals surface area contributed by atoms with Gasteiger partial charge < -0.3 is 0 Å². The summed E-state index contributed by atoms with van der Waals surface area (Å²) in [5, 5.41) is 1.26. The topological polar surface area (TPSA) is 12.9 Å². The number of hydrogen-bond acceptors (Lipinski definition) is 1. The molecule has 13 heavy (non-hydrogen) atoms. The molecule has 0 bridgehead atoms. The van der Waals surface area contributed by atoms with Crippen molar-refractivity contribution >= 4 is 33.5 Å². The average molecular weight is 283 g/mol. The predicted octanol–water partition coefficient (Wildman–Crippen LogP) is 3.46. The Morgan fingerprint density at radius 2 is 1.85 bits per heavy atom. The van der Waals surface area contributed by atoms with Crippen molar-refractivity contribution in [1.82, 2.24) is 4.98 Å². The van der Waals surface area contributed by atoms with Gasteiger partial charge in [-0.05, 0) is 48.1 Å². The SMILES string of the molecule is Cc1nc2ccccc2c(I)c1C. The fourth-order valence-corrected chi connectivity index (χ4v) is 2.23. The van der Waals surface area contributed by atoms with Gasteiger partial charge in [0, 0.05) is 14.7 Å². The van der Waals surface area contributed by atoms with Crippen molar-refractivity contribution in [3.05, 3.63) is 39.1 Å². The minimum Gasteiger partial charge on any atom is -0.253 e. The summed E-state index contributed by atoms with van der Waals surface area (Å²) in [7, 11) is 0. The van der Waals surface area contributed by atoms with Crippen LogP contribution in [0.3, 0.4) is 0 Å². The second kappa shape index (κ2) is 3.25. The number of aromatic nitrogens is 1. The van der Waals surface area contributed by atoms with Gasteiger partial charge in [-0.15, -0.1) is 0 Å². The van der Waals surface area contributed by atoms with Crippen molar-refractivity contribution in [3.63, 3.8) is 0 Å². The molecule has 0 fully saturated rings. The van der Waals surface area contributed by atoms with E-state index in [0.29, 0.717) is 0 Å². The first-order valence-electron chi connectivity index (χ1n) is 4.21. The molecule has 0 atom stereocenters. The average Bonchev–Trinajstić information content (AvgIpc) is 2.15. The maximum absolute atomic E-state index is 4.53. The van der Waals surface area contributed by atoms with Crippen LogP contribution in [0.2, 0.25) is 0 Å². The molecule has 0 saturated carbocycles. The van der Waals surface area contributed by atoms with Crippen molar-refractivity contribution in [3.8, 4) is 0 Å². The number of aryl methyl sites for hydroxylation is 1. The highest BCUT2D eigenvalue weighted by atomic mass is 127. The zero-order valence-electron chi connectivity index (χ0n) is 7.63. The van der Waals surface area contributed by atoms with Gasteiger partial charge in [0.05, 0.1) is 5.52 Å². The predicted molar refractivity (Wildman–Crippen MR) is 63.9 cm³/mol. The third kappa shape index (κ3) is 1.43. The number of rotatable bonds is 0. The fourth-order valence-electron chi connectivity index (χ4n) is 1.38. The zero-order valence-corrected chi connectivity index (χ0v) is 9.79. The molecule has 0 radical (unpaired) electrons. The Labute approximate surface area is 91.3 Å². The summed E-state index contributed by atoms with van der Waals surface area (Å²) in [6, 6.07) is 8.27. The van der Waals surface area contributed by atoms with Crippen molar-refractivity contribution in [2.24, 2.45) is 0 Å². The molecule has 2 heteroatoms. The molecule has 1 aromatic heterocycles. The Hall–Kier alpha value is -0.640. The summed E-state index contributed by atoms with van der Waals surface area (Å²) in [6.45, 7) is 4.18. The Balaban J connectivity index is 2.94. The Morgan fingerprint density at radius 1 is 1.15 bits per heavy atom. The largest absolute Gasteiger partial charge is 0.253 e. The number of pyridine rings is 1. The molecular formula is C11H10IN. The van der Waals surface area contributed by atoms with Gasteiger partial charge in [-0.3, -0.25) is 4.98 Å². The molecule has 0 amide bonds. The number of hydrogen-bond donors (Lipinski definition) is 0. The molecule has 0 aliphatic carbocycles. The van der Waals surface area contributed by atoms with Gasteiger partial charge >= 0.3 is 0 Å². The Morgan fingerprint density at radius 3 is 2.62 bits per heavy atom. The van der Waals surface area contributed by atoms with Crippen molar-refractivity contribution in [2.75, 3.05) is 0 Å². The fraction of sp³-hybridized carbons (Fsp3) is 0.182. The van der Waals surface area contributed by atoms with Crippen LogP contribution in [-0.2, 0) is 0 Å². The normalized spacial score (nSPS) is 10.7. The van der Waals surface area contributed by atoms with Crippen LogP contribution in [0.5, 0.6) is 0 Å². The van der Waals surface area contributed by atoms with E-state index in [-0.39, 0.29) is 0 Å². The second-order valence-corrected chi connectivity index (χ2v) is 4.23.